The van der Waals surface area contributed by atoms with Gasteiger partial charge in [-0.15, -0.1) is 5.10 Å². The zero-order chi connectivity index (χ0) is 14.7. The number of hydrogen-bond acceptors (Lipinski definition) is 4. The van der Waals surface area contributed by atoms with E-state index in [9.17, 15) is 4.39 Å². The van der Waals surface area contributed by atoms with Crippen molar-refractivity contribution in [3.63, 3.8) is 0 Å². The summed E-state index contributed by atoms with van der Waals surface area (Å²) in [5.41, 5.74) is 3.50. The van der Waals surface area contributed by atoms with Gasteiger partial charge >= 0.3 is 0 Å². The Morgan fingerprint density at radius 3 is 2.86 bits per heavy atom. The van der Waals surface area contributed by atoms with E-state index < -0.39 is 0 Å². The van der Waals surface area contributed by atoms with Crippen LogP contribution in [0.2, 0.25) is 0 Å². The maximum atomic E-state index is 13.2. The molecule has 0 spiro atoms. The Morgan fingerprint density at radius 1 is 1.19 bits per heavy atom. The molecule has 6 heteroatoms. The summed E-state index contributed by atoms with van der Waals surface area (Å²) < 4.78 is 14.8. The highest BCUT2D eigenvalue weighted by atomic mass is 19.1. The molecule has 0 saturated heterocycles. The average molecular weight is 283 g/mol. The molecular formula is C15H14FN5. The molecule has 0 aliphatic heterocycles. The average Bonchev–Trinajstić information content (AvgIpc) is 3.03. The van der Waals surface area contributed by atoms with Gasteiger partial charge in [0.15, 0.2) is 0 Å². The van der Waals surface area contributed by atoms with Crippen LogP contribution in [0.5, 0.6) is 0 Å². The topological polar surface area (TPSA) is 55.6 Å². The Morgan fingerprint density at radius 2 is 2.10 bits per heavy atom. The summed E-state index contributed by atoms with van der Waals surface area (Å²) in [5, 5.41) is 14.4. The van der Waals surface area contributed by atoms with Crippen molar-refractivity contribution in [1.29, 1.82) is 0 Å². The van der Waals surface area contributed by atoms with E-state index in [1.807, 2.05) is 30.3 Å². The molecule has 0 unspecified atom stereocenters. The Labute approximate surface area is 121 Å². The van der Waals surface area contributed by atoms with Crippen molar-refractivity contribution in [2.45, 2.75) is 13.5 Å². The molecule has 0 aliphatic rings. The Hall–Kier alpha value is -2.76. The predicted molar refractivity (Wildman–Crippen MR) is 77.6 cm³/mol. The maximum absolute atomic E-state index is 13.2. The van der Waals surface area contributed by atoms with Gasteiger partial charge in [-0.05, 0) is 52.7 Å². The summed E-state index contributed by atoms with van der Waals surface area (Å²) in [6.45, 7) is 2.39. The molecule has 3 aromatic rings. The van der Waals surface area contributed by atoms with Crippen molar-refractivity contribution in [2.24, 2.45) is 0 Å². The summed E-state index contributed by atoms with van der Waals surface area (Å²) in [5.74, 6) is -0.181. The molecule has 0 radical (unpaired) electrons. The summed E-state index contributed by atoms with van der Waals surface area (Å²) in [6.07, 6.45) is 1.54. The zero-order valence-electron chi connectivity index (χ0n) is 11.5. The fourth-order valence-corrected chi connectivity index (χ4v) is 2.06. The molecule has 1 heterocycles. The van der Waals surface area contributed by atoms with E-state index in [0.717, 1.165) is 16.9 Å². The molecule has 0 saturated carbocycles. The first kappa shape index (κ1) is 13.2. The summed E-state index contributed by atoms with van der Waals surface area (Å²) in [7, 11) is 0. The number of nitrogens with zero attached hydrogens (tertiary/aromatic N) is 4. The minimum absolute atomic E-state index is 0.181. The van der Waals surface area contributed by atoms with Gasteiger partial charge < -0.3 is 5.32 Å². The van der Waals surface area contributed by atoms with Crippen LogP contribution >= 0.6 is 0 Å². The van der Waals surface area contributed by atoms with E-state index in [2.05, 4.69) is 20.8 Å². The highest BCUT2D eigenvalue weighted by Gasteiger charge is 2.01. The standard InChI is InChI=1S/C15H14FN5/c1-11-7-12(5-6-15(11)16)9-17-13-3-2-4-14(8-13)21-10-18-19-20-21/h2-8,10,17H,9H2,1H3. The van der Waals surface area contributed by atoms with E-state index in [1.54, 1.807) is 24.0 Å². The minimum atomic E-state index is -0.181. The second kappa shape index (κ2) is 5.70. The Bertz CT molecular complexity index is 740. The lowest BCUT2D eigenvalue weighted by Gasteiger charge is -2.09. The quantitative estimate of drug-likeness (QED) is 0.800. The van der Waals surface area contributed by atoms with Gasteiger partial charge in [-0.1, -0.05) is 18.2 Å². The van der Waals surface area contributed by atoms with E-state index in [1.165, 1.54) is 6.07 Å². The Balaban J connectivity index is 1.73. The third-order valence-electron chi connectivity index (χ3n) is 3.18. The van der Waals surface area contributed by atoms with Gasteiger partial charge in [-0.25, -0.2) is 9.07 Å². The number of tetrazole rings is 1. The molecule has 0 aliphatic carbocycles. The fourth-order valence-electron chi connectivity index (χ4n) is 2.06. The lowest BCUT2D eigenvalue weighted by atomic mass is 10.1. The van der Waals surface area contributed by atoms with Gasteiger partial charge in [0.25, 0.3) is 0 Å². The van der Waals surface area contributed by atoms with Crippen molar-refractivity contribution in [3.05, 3.63) is 65.7 Å². The number of halogens is 1. The molecular weight excluding hydrogens is 269 g/mol. The van der Waals surface area contributed by atoms with E-state index in [0.29, 0.717) is 12.1 Å². The minimum Gasteiger partial charge on any atom is -0.381 e. The number of rotatable bonds is 4. The van der Waals surface area contributed by atoms with Crippen LogP contribution in [0, 0.1) is 12.7 Å². The van der Waals surface area contributed by atoms with Crippen molar-refractivity contribution in [3.8, 4) is 5.69 Å². The third-order valence-corrected chi connectivity index (χ3v) is 3.18. The lowest BCUT2D eigenvalue weighted by Crippen LogP contribution is -2.02. The summed E-state index contributed by atoms with van der Waals surface area (Å²) >= 11 is 0. The lowest BCUT2D eigenvalue weighted by molar-refractivity contribution is 0.617. The number of aromatic nitrogens is 4. The van der Waals surface area contributed by atoms with Gasteiger partial charge in [0.05, 0.1) is 5.69 Å². The SMILES string of the molecule is Cc1cc(CNc2cccc(-n3cnnn3)c2)ccc1F. The molecule has 0 atom stereocenters. The van der Waals surface area contributed by atoms with Crippen LogP contribution in [0.1, 0.15) is 11.1 Å². The first-order chi connectivity index (χ1) is 10.2. The first-order valence-electron chi connectivity index (χ1n) is 6.55. The van der Waals surface area contributed by atoms with E-state index >= 15 is 0 Å². The monoisotopic (exact) mass is 283 g/mol. The van der Waals surface area contributed by atoms with Gasteiger partial charge in [-0.3, -0.25) is 0 Å². The largest absolute Gasteiger partial charge is 0.381 e. The van der Waals surface area contributed by atoms with Crippen LogP contribution in [-0.4, -0.2) is 20.2 Å². The molecule has 0 bridgehead atoms. The van der Waals surface area contributed by atoms with Gasteiger partial charge in [0.2, 0.25) is 0 Å². The maximum Gasteiger partial charge on any atom is 0.143 e. The number of benzene rings is 2. The second-order valence-corrected chi connectivity index (χ2v) is 4.74. The van der Waals surface area contributed by atoms with Crippen LogP contribution in [0.3, 0.4) is 0 Å². The van der Waals surface area contributed by atoms with E-state index in [4.69, 9.17) is 0 Å². The number of hydrogen-bond donors (Lipinski definition) is 1. The van der Waals surface area contributed by atoms with Crippen molar-refractivity contribution in [2.75, 3.05) is 5.32 Å². The fraction of sp³-hybridized carbons (Fsp3) is 0.133. The summed E-state index contributed by atoms with van der Waals surface area (Å²) in [6, 6.07) is 12.9. The Kier molecular flexibility index (Phi) is 3.59. The van der Waals surface area contributed by atoms with Crippen LogP contribution < -0.4 is 5.32 Å². The van der Waals surface area contributed by atoms with Crippen LogP contribution in [0.25, 0.3) is 5.69 Å². The van der Waals surface area contributed by atoms with E-state index in [-0.39, 0.29) is 5.82 Å². The molecule has 1 aromatic heterocycles. The normalized spacial score (nSPS) is 10.6. The smallest absolute Gasteiger partial charge is 0.143 e. The molecule has 106 valence electrons. The van der Waals surface area contributed by atoms with Crippen molar-refractivity contribution in [1.82, 2.24) is 20.2 Å². The first-order valence-corrected chi connectivity index (χ1v) is 6.55. The molecule has 2 aromatic carbocycles. The predicted octanol–water partition coefficient (Wildman–Crippen LogP) is 2.72. The second-order valence-electron chi connectivity index (χ2n) is 4.74. The highest BCUT2D eigenvalue weighted by Crippen LogP contribution is 2.15. The highest BCUT2D eigenvalue weighted by molar-refractivity contribution is 5.51. The molecule has 0 fully saturated rings. The van der Waals surface area contributed by atoms with Gasteiger partial charge in [0, 0.05) is 12.2 Å². The molecule has 3 rings (SSSR count). The van der Waals surface area contributed by atoms with Gasteiger partial charge in [0.1, 0.15) is 12.1 Å². The van der Waals surface area contributed by atoms with Crippen molar-refractivity contribution >= 4 is 5.69 Å². The molecule has 1 N–H and O–H groups in total. The zero-order valence-corrected chi connectivity index (χ0v) is 11.5. The summed E-state index contributed by atoms with van der Waals surface area (Å²) in [4.78, 5) is 0. The number of anilines is 1. The van der Waals surface area contributed by atoms with Gasteiger partial charge in [-0.2, -0.15) is 0 Å². The molecule has 21 heavy (non-hydrogen) atoms. The molecule has 5 nitrogen and oxygen atoms in total. The number of aryl methyl sites for hydroxylation is 1. The number of nitrogens with one attached hydrogen (secondary N) is 1. The van der Waals surface area contributed by atoms with Crippen LogP contribution in [0.4, 0.5) is 10.1 Å². The van der Waals surface area contributed by atoms with Crippen LogP contribution in [-0.2, 0) is 6.54 Å². The third kappa shape index (κ3) is 3.05. The van der Waals surface area contributed by atoms with Crippen molar-refractivity contribution < 1.29 is 4.39 Å². The molecule has 0 amide bonds. The van der Waals surface area contributed by atoms with Crippen LogP contribution in [0.15, 0.2) is 48.8 Å².